The van der Waals surface area contributed by atoms with E-state index in [1.54, 1.807) is 0 Å². The summed E-state index contributed by atoms with van der Waals surface area (Å²) < 4.78 is 8.11. The highest BCUT2D eigenvalue weighted by Gasteiger charge is 2.22. The Bertz CT molecular complexity index is 559. The van der Waals surface area contributed by atoms with Gasteiger partial charge in [0.2, 0.25) is 0 Å². The molecule has 94 valence electrons. The Hall–Kier alpha value is -1.74. The van der Waals surface area contributed by atoms with Crippen LogP contribution in [0.15, 0.2) is 36.7 Å². The molecule has 1 aromatic heterocycles. The lowest BCUT2D eigenvalue weighted by atomic mass is 10.1. The molecule has 0 bridgehead atoms. The number of fused-ring (bicyclic) bond motifs is 1. The van der Waals surface area contributed by atoms with Crippen LogP contribution in [0, 0.1) is 6.92 Å². The van der Waals surface area contributed by atoms with Crippen molar-refractivity contribution in [2.45, 2.75) is 32.5 Å². The quantitative estimate of drug-likeness (QED) is 0.896. The molecule has 1 aromatic carbocycles. The molecule has 3 nitrogen and oxygen atoms in total. The summed E-state index contributed by atoms with van der Waals surface area (Å²) in [6.07, 6.45) is 5.39. The number of hydrogen-bond acceptors (Lipinski definition) is 2. The molecule has 18 heavy (non-hydrogen) atoms. The van der Waals surface area contributed by atoms with E-state index < -0.39 is 0 Å². The van der Waals surface area contributed by atoms with Crippen LogP contribution in [0.5, 0.6) is 5.75 Å². The van der Waals surface area contributed by atoms with Crippen LogP contribution in [-0.4, -0.2) is 10.7 Å². The SMILES string of the molecule is Cc1ccc2c(c1)CC(Cn1ccc(CN)c1)O2. The van der Waals surface area contributed by atoms with Crippen molar-refractivity contribution in [3.05, 3.63) is 53.3 Å². The van der Waals surface area contributed by atoms with Gasteiger partial charge < -0.3 is 15.0 Å². The molecule has 0 amide bonds. The smallest absolute Gasteiger partial charge is 0.123 e. The lowest BCUT2D eigenvalue weighted by molar-refractivity contribution is 0.209. The summed E-state index contributed by atoms with van der Waals surface area (Å²) >= 11 is 0. The van der Waals surface area contributed by atoms with Crippen LogP contribution in [0.4, 0.5) is 0 Å². The Morgan fingerprint density at radius 3 is 3.06 bits per heavy atom. The zero-order valence-corrected chi connectivity index (χ0v) is 10.6. The van der Waals surface area contributed by atoms with E-state index in [0.717, 1.165) is 18.7 Å². The number of hydrogen-bond donors (Lipinski definition) is 1. The predicted octanol–water partition coefficient (Wildman–Crippen LogP) is 2.26. The number of rotatable bonds is 3. The van der Waals surface area contributed by atoms with Crippen LogP contribution in [0.25, 0.3) is 0 Å². The maximum Gasteiger partial charge on any atom is 0.123 e. The first-order valence-corrected chi connectivity index (χ1v) is 6.35. The normalized spacial score (nSPS) is 17.6. The molecule has 1 unspecified atom stereocenters. The maximum atomic E-state index is 5.96. The average molecular weight is 242 g/mol. The Balaban J connectivity index is 1.70. The minimum Gasteiger partial charge on any atom is -0.488 e. The van der Waals surface area contributed by atoms with E-state index in [1.165, 1.54) is 16.7 Å². The summed E-state index contributed by atoms with van der Waals surface area (Å²) in [5.41, 5.74) is 9.40. The van der Waals surface area contributed by atoms with Crippen molar-refractivity contribution in [1.29, 1.82) is 0 Å². The van der Waals surface area contributed by atoms with Crippen LogP contribution < -0.4 is 10.5 Å². The monoisotopic (exact) mass is 242 g/mol. The van der Waals surface area contributed by atoms with Gasteiger partial charge in [-0.25, -0.2) is 0 Å². The Morgan fingerprint density at radius 2 is 2.28 bits per heavy atom. The second-order valence-corrected chi connectivity index (χ2v) is 4.98. The largest absolute Gasteiger partial charge is 0.488 e. The molecule has 1 aliphatic heterocycles. The molecule has 0 spiro atoms. The van der Waals surface area contributed by atoms with Crippen molar-refractivity contribution >= 4 is 0 Å². The Morgan fingerprint density at radius 1 is 1.39 bits per heavy atom. The minimum atomic E-state index is 0.236. The van der Waals surface area contributed by atoms with E-state index in [9.17, 15) is 0 Å². The number of aromatic nitrogens is 1. The summed E-state index contributed by atoms with van der Waals surface area (Å²) in [6, 6.07) is 8.46. The number of ether oxygens (including phenoxy) is 1. The lowest BCUT2D eigenvalue weighted by Crippen LogP contribution is -2.19. The molecule has 0 saturated heterocycles. The molecule has 3 rings (SSSR count). The van der Waals surface area contributed by atoms with E-state index in [-0.39, 0.29) is 6.10 Å². The van der Waals surface area contributed by atoms with Crippen molar-refractivity contribution in [2.24, 2.45) is 5.73 Å². The fourth-order valence-corrected chi connectivity index (χ4v) is 2.51. The van der Waals surface area contributed by atoms with Gasteiger partial charge in [-0.2, -0.15) is 0 Å². The van der Waals surface area contributed by atoms with Gasteiger partial charge in [-0.15, -0.1) is 0 Å². The molecule has 2 aromatic rings. The zero-order chi connectivity index (χ0) is 12.5. The van der Waals surface area contributed by atoms with Gasteiger partial charge in [0, 0.05) is 25.4 Å². The summed E-state index contributed by atoms with van der Waals surface area (Å²) in [5.74, 6) is 1.04. The van der Waals surface area contributed by atoms with Crippen LogP contribution >= 0.6 is 0 Å². The zero-order valence-electron chi connectivity index (χ0n) is 10.6. The Kier molecular flexibility index (Phi) is 2.84. The maximum absolute atomic E-state index is 5.96. The summed E-state index contributed by atoms with van der Waals surface area (Å²) in [4.78, 5) is 0. The average Bonchev–Trinajstić information content (AvgIpc) is 2.95. The van der Waals surface area contributed by atoms with Crippen LogP contribution in [0.3, 0.4) is 0 Å². The van der Waals surface area contributed by atoms with Gasteiger partial charge in [-0.05, 0) is 30.2 Å². The molecule has 2 N–H and O–H groups in total. The number of nitrogens with two attached hydrogens (primary N) is 1. The number of nitrogens with zero attached hydrogens (tertiary/aromatic N) is 1. The van der Waals surface area contributed by atoms with Gasteiger partial charge in [0.1, 0.15) is 11.9 Å². The van der Waals surface area contributed by atoms with E-state index in [4.69, 9.17) is 10.5 Å². The first-order chi connectivity index (χ1) is 8.74. The van der Waals surface area contributed by atoms with Crippen molar-refractivity contribution in [3.63, 3.8) is 0 Å². The fourth-order valence-electron chi connectivity index (χ4n) is 2.51. The third-order valence-corrected chi connectivity index (χ3v) is 3.42. The van der Waals surface area contributed by atoms with Gasteiger partial charge in [-0.1, -0.05) is 17.7 Å². The summed E-state index contributed by atoms with van der Waals surface area (Å²) in [6.45, 7) is 3.60. The van der Waals surface area contributed by atoms with E-state index in [1.807, 2.05) is 0 Å². The van der Waals surface area contributed by atoms with E-state index >= 15 is 0 Å². The van der Waals surface area contributed by atoms with Crippen molar-refractivity contribution in [1.82, 2.24) is 4.57 Å². The van der Waals surface area contributed by atoms with E-state index in [0.29, 0.717) is 6.54 Å². The summed E-state index contributed by atoms with van der Waals surface area (Å²) in [5, 5.41) is 0. The third kappa shape index (κ3) is 2.14. The van der Waals surface area contributed by atoms with Gasteiger partial charge >= 0.3 is 0 Å². The molecule has 0 radical (unpaired) electrons. The summed E-state index contributed by atoms with van der Waals surface area (Å²) in [7, 11) is 0. The molecule has 0 saturated carbocycles. The highest BCUT2D eigenvalue weighted by Crippen LogP contribution is 2.30. The molecule has 3 heteroatoms. The van der Waals surface area contributed by atoms with Crippen molar-refractivity contribution in [2.75, 3.05) is 0 Å². The molecule has 1 aliphatic rings. The van der Waals surface area contributed by atoms with Crippen LogP contribution in [-0.2, 0) is 19.5 Å². The first-order valence-electron chi connectivity index (χ1n) is 6.35. The molecular formula is C15H18N2O. The Labute approximate surface area is 107 Å². The van der Waals surface area contributed by atoms with Crippen LogP contribution in [0.1, 0.15) is 16.7 Å². The lowest BCUT2D eigenvalue weighted by Gasteiger charge is -2.11. The highest BCUT2D eigenvalue weighted by molar-refractivity contribution is 5.40. The highest BCUT2D eigenvalue weighted by atomic mass is 16.5. The van der Waals surface area contributed by atoms with Gasteiger partial charge in [0.15, 0.2) is 0 Å². The van der Waals surface area contributed by atoms with Gasteiger partial charge in [0.05, 0.1) is 6.54 Å². The minimum absolute atomic E-state index is 0.236. The standard InChI is InChI=1S/C15H18N2O/c1-11-2-3-15-13(6-11)7-14(18-15)10-17-5-4-12(8-16)9-17/h2-6,9,14H,7-8,10,16H2,1H3. The number of aryl methyl sites for hydroxylation is 1. The fraction of sp³-hybridized carbons (Fsp3) is 0.333. The van der Waals surface area contributed by atoms with Crippen LogP contribution in [0.2, 0.25) is 0 Å². The van der Waals surface area contributed by atoms with Gasteiger partial charge in [-0.3, -0.25) is 0 Å². The molecule has 2 heterocycles. The van der Waals surface area contributed by atoms with Crippen molar-refractivity contribution < 1.29 is 4.74 Å². The topological polar surface area (TPSA) is 40.2 Å². The molecule has 0 fully saturated rings. The second-order valence-electron chi connectivity index (χ2n) is 4.98. The van der Waals surface area contributed by atoms with Crippen molar-refractivity contribution in [3.8, 4) is 5.75 Å². The number of benzene rings is 1. The molecule has 1 atom stereocenters. The molecule has 0 aliphatic carbocycles. The first kappa shape index (κ1) is 11.4. The molecular weight excluding hydrogens is 224 g/mol. The van der Waals surface area contributed by atoms with Gasteiger partial charge in [0.25, 0.3) is 0 Å². The third-order valence-electron chi connectivity index (χ3n) is 3.42. The van der Waals surface area contributed by atoms with E-state index in [2.05, 4.69) is 48.1 Å². The second kappa shape index (κ2) is 4.50. The predicted molar refractivity (Wildman–Crippen MR) is 71.6 cm³/mol.